The van der Waals surface area contributed by atoms with E-state index >= 15 is 0 Å². The molecule has 3 rings (SSSR count). The lowest BCUT2D eigenvalue weighted by molar-refractivity contribution is 0.0768. The zero-order valence-electron chi connectivity index (χ0n) is 11.7. The van der Waals surface area contributed by atoms with Gasteiger partial charge in [-0.1, -0.05) is 15.9 Å². The highest BCUT2D eigenvalue weighted by molar-refractivity contribution is 9.10. The van der Waals surface area contributed by atoms with Crippen molar-refractivity contribution in [2.45, 2.75) is 48.8 Å². The molecular weight excluding hydrogens is 358 g/mol. The lowest BCUT2D eigenvalue weighted by Gasteiger charge is -2.36. The number of ether oxygens (including phenoxy) is 1. The largest absolute Gasteiger partial charge is 0.495 e. The van der Waals surface area contributed by atoms with E-state index in [0.717, 1.165) is 12.8 Å². The van der Waals surface area contributed by atoms with E-state index in [1.165, 1.54) is 7.11 Å². The maximum atomic E-state index is 13.0. The number of hydrogen-bond acceptors (Lipinski definition) is 4. The first-order chi connectivity index (χ1) is 9.93. The van der Waals surface area contributed by atoms with Crippen molar-refractivity contribution in [2.75, 3.05) is 7.11 Å². The van der Waals surface area contributed by atoms with Crippen LogP contribution in [0.25, 0.3) is 0 Å². The predicted molar refractivity (Wildman–Crippen MR) is 81.8 cm³/mol. The summed E-state index contributed by atoms with van der Waals surface area (Å²) in [6.07, 6.45) is 2.28. The van der Waals surface area contributed by atoms with E-state index in [9.17, 15) is 13.5 Å². The van der Waals surface area contributed by atoms with Crippen molar-refractivity contribution in [1.29, 1.82) is 0 Å². The number of halogens is 1. The molecule has 2 aliphatic rings. The van der Waals surface area contributed by atoms with Crippen molar-refractivity contribution in [3.8, 4) is 5.75 Å². The Morgan fingerprint density at radius 2 is 1.90 bits per heavy atom. The lowest BCUT2D eigenvalue weighted by atomic mass is 10.0. The van der Waals surface area contributed by atoms with Crippen LogP contribution in [-0.2, 0) is 10.0 Å². The molecule has 1 aromatic carbocycles. The van der Waals surface area contributed by atoms with Gasteiger partial charge >= 0.3 is 0 Å². The quantitative estimate of drug-likeness (QED) is 0.878. The number of aliphatic hydroxyl groups excluding tert-OH is 1. The molecule has 0 radical (unpaired) electrons. The molecule has 0 spiro atoms. The smallest absolute Gasteiger partial charge is 0.247 e. The van der Waals surface area contributed by atoms with Gasteiger partial charge < -0.3 is 9.84 Å². The van der Waals surface area contributed by atoms with Crippen LogP contribution >= 0.6 is 15.9 Å². The summed E-state index contributed by atoms with van der Waals surface area (Å²) in [6.45, 7) is 0. The van der Waals surface area contributed by atoms with Gasteiger partial charge in [-0.15, -0.1) is 0 Å². The van der Waals surface area contributed by atoms with Gasteiger partial charge in [0.15, 0.2) is 0 Å². The monoisotopic (exact) mass is 375 g/mol. The highest BCUT2D eigenvalue weighted by Crippen LogP contribution is 2.41. The molecule has 2 aliphatic heterocycles. The molecule has 2 atom stereocenters. The van der Waals surface area contributed by atoms with Gasteiger partial charge in [0.2, 0.25) is 10.0 Å². The summed E-state index contributed by atoms with van der Waals surface area (Å²) >= 11 is 3.32. The summed E-state index contributed by atoms with van der Waals surface area (Å²) in [7, 11) is -2.15. The van der Waals surface area contributed by atoms with Gasteiger partial charge in [0.25, 0.3) is 0 Å². The molecule has 1 aromatic rings. The minimum Gasteiger partial charge on any atom is -0.495 e. The Bertz CT molecular complexity index is 634. The minimum absolute atomic E-state index is 0.104. The molecule has 116 valence electrons. The number of fused-ring (bicyclic) bond motifs is 2. The first-order valence-electron chi connectivity index (χ1n) is 6.98. The van der Waals surface area contributed by atoms with Crippen LogP contribution < -0.4 is 4.74 Å². The third-order valence-electron chi connectivity index (χ3n) is 4.32. The van der Waals surface area contributed by atoms with E-state index in [1.54, 1.807) is 22.5 Å². The Morgan fingerprint density at radius 1 is 1.29 bits per heavy atom. The summed E-state index contributed by atoms with van der Waals surface area (Å²) in [5.74, 6) is 0.351. The van der Waals surface area contributed by atoms with Gasteiger partial charge in [0.1, 0.15) is 10.6 Å². The molecule has 1 N–H and O–H groups in total. The fourth-order valence-electron chi connectivity index (χ4n) is 3.46. The molecule has 2 heterocycles. The Kier molecular flexibility index (Phi) is 4.02. The Morgan fingerprint density at radius 3 is 2.48 bits per heavy atom. The summed E-state index contributed by atoms with van der Waals surface area (Å²) in [5.41, 5.74) is 0. The van der Waals surface area contributed by atoms with E-state index in [1.807, 2.05) is 0 Å². The molecule has 0 amide bonds. The van der Waals surface area contributed by atoms with Crippen molar-refractivity contribution >= 4 is 26.0 Å². The number of piperidine rings is 1. The number of hydrogen-bond donors (Lipinski definition) is 1. The van der Waals surface area contributed by atoms with E-state index in [0.29, 0.717) is 23.1 Å². The van der Waals surface area contributed by atoms with Crippen LogP contribution in [-0.4, -0.2) is 43.1 Å². The molecule has 2 fully saturated rings. The molecule has 2 bridgehead atoms. The Labute approximate surface area is 133 Å². The molecule has 2 unspecified atom stereocenters. The Hall–Kier alpha value is -0.630. The van der Waals surface area contributed by atoms with Crippen LogP contribution in [0.1, 0.15) is 25.7 Å². The normalized spacial score (nSPS) is 29.6. The summed E-state index contributed by atoms with van der Waals surface area (Å²) in [5, 5.41) is 9.84. The zero-order valence-corrected chi connectivity index (χ0v) is 14.1. The molecule has 7 heteroatoms. The highest BCUT2D eigenvalue weighted by atomic mass is 79.9. The maximum Gasteiger partial charge on any atom is 0.247 e. The van der Waals surface area contributed by atoms with Gasteiger partial charge in [0.05, 0.1) is 13.2 Å². The number of methoxy groups -OCH3 is 1. The van der Waals surface area contributed by atoms with Crippen molar-refractivity contribution in [2.24, 2.45) is 0 Å². The van der Waals surface area contributed by atoms with E-state index in [2.05, 4.69) is 15.9 Å². The molecule has 2 saturated heterocycles. The number of sulfonamides is 1. The number of nitrogens with zero attached hydrogens (tertiary/aromatic N) is 1. The standard InChI is InChI=1S/C14H18BrNO4S/c1-20-13-5-2-9(15)6-14(13)21(18,19)16-10-3-4-11(16)8-12(17)7-10/h2,5-6,10-12,17H,3-4,7-8H2,1H3. The second kappa shape index (κ2) is 5.53. The highest BCUT2D eigenvalue weighted by Gasteiger charge is 2.47. The van der Waals surface area contributed by atoms with Crippen molar-refractivity contribution in [1.82, 2.24) is 4.31 Å². The van der Waals surface area contributed by atoms with Gasteiger partial charge in [0, 0.05) is 16.6 Å². The lowest BCUT2D eigenvalue weighted by Crippen LogP contribution is -2.47. The topological polar surface area (TPSA) is 66.8 Å². The van der Waals surface area contributed by atoms with E-state index < -0.39 is 16.1 Å². The van der Waals surface area contributed by atoms with Crippen LogP contribution in [0, 0.1) is 0 Å². The van der Waals surface area contributed by atoms with Gasteiger partial charge in [-0.3, -0.25) is 0 Å². The SMILES string of the molecule is COc1ccc(Br)cc1S(=O)(=O)N1C2CCC1CC(O)C2. The summed E-state index contributed by atoms with van der Waals surface area (Å²) in [4.78, 5) is 0.188. The first kappa shape index (κ1) is 15.3. The van der Waals surface area contributed by atoms with Gasteiger partial charge in [-0.25, -0.2) is 8.42 Å². The maximum absolute atomic E-state index is 13.0. The minimum atomic E-state index is -3.62. The first-order valence-corrected chi connectivity index (χ1v) is 9.22. The van der Waals surface area contributed by atoms with Crippen molar-refractivity contribution in [3.63, 3.8) is 0 Å². The number of rotatable bonds is 3. The third kappa shape index (κ3) is 2.60. The fraction of sp³-hybridized carbons (Fsp3) is 0.571. The van der Waals surface area contributed by atoms with Gasteiger partial charge in [-0.05, 0) is 43.9 Å². The molecular formula is C14H18BrNO4S. The molecule has 21 heavy (non-hydrogen) atoms. The van der Waals surface area contributed by atoms with E-state index in [-0.39, 0.29) is 17.0 Å². The van der Waals surface area contributed by atoms with Crippen LogP contribution in [0.4, 0.5) is 0 Å². The molecule has 0 aliphatic carbocycles. The van der Waals surface area contributed by atoms with E-state index in [4.69, 9.17) is 4.74 Å². The second-order valence-corrected chi connectivity index (χ2v) is 8.37. The number of aliphatic hydroxyl groups is 1. The molecule has 5 nitrogen and oxygen atoms in total. The average molecular weight is 376 g/mol. The van der Waals surface area contributed by atoms with Crippen LogP contribution in [0.5, 0.6) is 5.75 Å². The third-order valence-corrected chi connectivity index (χ3v) is 6.84. The van der Waals surface area contributed by atoms with Crippen LogP contribution in [0.15, 0.2) is 27.6 Å². The molecule has 0 aromatic heterocycles. The zero-order chi connectivity index (χ0) is 15.2. The molecule has 0 saturated carbocycles. The summed E-state index contributed by atoms with van der Waals surface area (Å²) < 4.78 is 33.6. The fourth-order valence-corrected chi connectivity index (χ4v) is 6.05. The number of benzene rings is 1. The average Bonchev–Trinajstić information content (AvgIpc) is 2.72. The second-order valence-electron chi connectivity index (χ2n) is 5.64. The van der Waals surface area contributed by atoms with Crippen LogP contribution in [0.3, 0.4) is 0 Å². The van der Waals surface area contributed by atoms with Crippen molar-refractivity contribution in [3.05, 3.63) is 22.7 Å². The predicted octanol–water partition coefficient (Wildman–Crippen LogP) is 2.13. The Balaban J connectivity index is 2.04. The van der Waals surface area contributed by atoms with Crippen molar-refractivity contribution < 1.29 is 18.3 Å². The van der Waals surface area contributed by atoms with Crippen LogP contribution in [0.2, 0.25) is 0 Å². The van der Waals surface area contributed by atoms with Gasteiger partial charge in [-0.2, -0.15) is 4.31 Å². The summed E-state index contributed by atoms with van der Waals surface area (Å²) in [6, 6.07) is 4.78.